The van der Waals surface area contributed by atoms with Gasteiger partial charge in [0, 0.05) is 26.2 Å². The first-order valence-electron chi connectivity index (χ1n) is 7.49. The Morgan fingerprint density at radius 3 is 3.00 bits per heavy atom. The Morgan fingerprint density at radius 1 is 1.48 bits per heavy atom. The van der Waals surface area contributed by atoms with Crippen LogP contribution >= 0.6 is 0 Å². The lowest BCUT2D eigenvalue weighted by atomic mass is 9.92. The average molecular weight is 321 g/mol. The maximum Gasteiger partial charge on any atom is 0.356 e. The monoisotopic (exact) mass is 321 g/mol. The normalized spacial score (nSPS) is 23.2. The molecule has 2 N–H and O–H groups in total. The highest BCUT2D eigenvalue weighted by Crippen LogP contribution is 2.27. The van der Waals surface area contributed by atoms with Crippen LogP contribution in [0.25, 0.3) is 0 Å². The van der Waals surface area contributed by atoms with Gasteiger partial charge in [0.05, 0.1) is 19.1 Å². The zero-order valence-corrected chi connectivity index (χ0v) is 13.0. The number of methoxy groups -OCH3 is 1. The summed E-state index contributed by atoms with van der Waals surface area (Å²) in [7, 11) is 2.88. The van der Waals surface area contributed by atoms with Crippen molar-refractivity contribution < 1.29 is 19.1 Å². The van der Waals surface area contributed by atoms with Crippen molar-refractivity contribution in [2.45, 2.75) is 18.9 Å². The van der Waals surface area contributed by atoms with Gasteiger partial charge in [-0.1, -0.05) is 0 Å². The molecule has 9 nitrogen and oxygen atoms in total. The van der Waals surface area contributed by atoms with Gasteiger partial charge in [-0.25, -0.2) is 9.59 Å². The number of aromatic nitrogens is 2. The summed E-state index contributed by atoms with van der Waals surface area (Å²) in [6.07, 6.45) is 1.59. The molecule has 1 aromatic rings. The average Bonchev–Trinajstić information content (AvgIpc) is 3.09. The fraction of sp³-hybridized carbons (Fsp3) is 0.571. The molecule has 0 bridgehead atoms. The van der Waals surface area contributed by atoms with Crippen molar-refractivity contribution >= 4 is 23.7 Å². The number of amides is 3. The lowest BCUT2D eigenvalue weighted by Crippen LogP contribution is -2.50. The number of esters is 1. The molecule has 3 rings (SSSR count). The molecule has 9 heteroatoms. The lowest BCUT2D eigenvalue weighted by molar-refractivity contribution is -0.123. The van der Waals surface area contributed by atoms with Crippen LogP contribution < -0.4 is 10.6 Å². The van der Waals surface area contributed by atoms with Gasteiger partial charge in [-0.3, -0.25) is 14.8 Å². The smallest absolute Gasteiger partial charge is 0.356 e. The van der Waals surface area contributed by atoms with Crippen LogP contribution in [-0.4, -0.2) is 58.8 Å². The van der Waals surface area contributed by atoms with Crippen LogP contribution in [0.4, 0.5) is 10.6 Å². The van der Waals surface area contributed by atoms with Gasteiger partial charge in [0.25, 0.3) is 0 Å². The molecule has 0 aliphatic carbocycles. The van der Waals surface area contributed by atoms with E-state index in [1.165, 1.54) is 17.9 Å². The van der Waals surface area contributed by atoms with Gasteiger partial charge in [-0.05, 0) is 12.8 Å². The zero-order chi connectivity index (χ0) is 16.6. The van der Waals surface area contributed by atoms with E-state index in [9.17, 15) is 14.4 Å². The molecule has 2 atom stereocenters. The molecule has 3 amide bonds. The number of nitrogens with one attached hydrogen (secondary N) is 2. The standard InChI is InChI=1S/C14H19N5O4/c1-18-9(13(21)23-2)6-11(17-18)16-14(22)19-5-3-4-8-10(19)7-15-12(8)20/h6,8,10H,3-5,7H2,1-2H3,(H,15,20)(H,16,17,22)/t8-,10-/m1/s1. The summed E-state index contributed by atoms with van der Waals surface area (Å²) in [4.78, 5) is 37.5. The molecule has 1 aromatic heterocycles. The highest BCUT2D eigenvalue weighted by molar-refractivity contribution is 5.93. The summed E-state index contributed by atoms with van der Waals surface area (Å²) >= 11 is 0. The van der Waals surface area contributed by atoms with Crippen molar-refractivity contribution in [3.63, 3.8) is 0 Å². The van der Waals surface area contributed by atoms with E-state index in [0.29, 0.717) is 13.1 Å². The molecule has 2 aliphatic rings. The van der Waals surface area contributed by atoms with Crippen molar-refractivity contribution in [2.75, 3.05) is 25.5 Å². The molecular weight excluding hydrogens is 302 g/mol. The van der Waals surface area contributed by atoms with Crippen LogP contribution in [-0.2, 0) is 16.6 Å². The molecule has 0 unspecified atom stereocenters. The van der Waals surface area contributed by atoms with E-state index >= 15 is 0 Å². The molecule has 23 heavy (non-hydrogen) atoms. The van der Waals surface area contributed by atoms with Crippen LogP contribution in [0.1, 0.15) is 23.3 Å². The number of rotatable bonds is 2. The summed E-state index contributed by atoms with van der Waals surface area (Å²) in [5, 5.41) is 9.58. The van der Waals surface area contributed by atoms with Gasteiger partial charge < -0.3 is 15.0 Å². The van der Waals surface area contributed by atoms with E-state index in [1.807, 2.05) is 0 Å². The fourth-order valence-corrected chi connectivity index (χ4v) is 3.21. The lowest BCUT2D eigenvalue weighted by Gasteiger charge is -2.35. The van der Waals surface area contributed by atoms with Gasteiger partial charge in [-0.15, -0.1) is 0 Å². The Bertz CT molecular complexity index is 656. The Morgan fingerprint density at radius 2 is 2.26 bits per heavy atom. The minimum absolute atomic E-state index is 0.0123. The van der Waals surface area contributed by atoms with Gasteiger partial charge >= 0.3 is 12.0 Å². The number of likely N-dealkylation sites (tertiary alicyclic amines) is 1. The number of piperidine rings is 1. The number of anilines is 1. The maximum atomic E-state index is 12.5. The Labute approximate surface area is 132 Å². The molecular formula is C14H19N5O4. The molecule has 2 aliphatic heterocycles. The molecule has 0 aromatic carbocycles. The summed E-state index contributed by atoms with van der Waals surface area (Å²) < 4.78 is 6.00. The predicted molar refractivity (Wildman–Crippen MR) is 79.8 cm³/mol. The first-order chi connectivity index (χ1) is 11.0. The minimum atomic E-state index is -0.524. The SMILES string of the molecule is COC(=O)c1cc(NC(=O)N2CCC[C@H]3C(=O)NC[C@H]32)nn1C. The maximum absolute atomic E-state index is 12.5. The Hall–Kier alpha value is -2.58. The van der Waals surface area contributed by atoms with Crippen LogP contribution in [0.2, 0.25) is 0 Å². The third-order valence-electron chi connectivity index (χ3n) is 4.37. The van der Waals surface area contributed by atoms with Gasteiger partial charge in [0.15, 0.2) is 5.82 Å². The van der Waals surface area contributed by atoms with Gasteiger partial charge in [0.1, 0.15) is 5.69 Å². The number of carbonyl (C=O) groups excluding carboxylic acids is 3. The fourth-order valence-electron chi connectivity index (χ4n) is 3.21. The Kier molecular flexibility index (Phi) is 3.93. The van der Waals surface area contributed by atoms with E-state index in [-0.39, 0.29) is 35.4 Å². The van der Waals surface area contributed by atoms with Crippen LogP contribution in [0.5, 0.6) is 0 Å². The number of urea groups is 1. The molecule has 0 spiro atoms. The number of hydrogen-bond acceptors (Lipinski definition) is 5. The first kappa shape index (κ1) is 15.3. The number of nitrogens with zero attached hydrogens (tertiary/aromatic N) is 3. The second-order valence-corrected chi connectivity index (χ2v) is 5.71. The number of hydrogen-bond donors (Lipinski definition) is 2. The molecule has 0 saturated carbocycles. The molecule has 3 heterocycles. The van der Waals surface area contributed by atoms with Crippen molar-refractivity contribution in [1.82, 2.24) is 20.0 Å². The molecule has 2 fully saturated rings. The van der Waals surface area contributed by atoms with Crippen LogP contribution in [0, 0.1) is 5.92 Å². The van der Waals surface area contributed by atoms with Gasteiger partial charge in [0.2, 0.25) is 5.91 Å². The number of aryl methyl sites for hydroxylation is 1. The largest absolute Gasteiger partial charge is 0.464 e. The first-order valence-corrected chi connectivity index (χ1v) is 7.49. The Balaban J connectivity index is 1.72. The van der Waals surface area contributed by atoms with Crippen molar-refractivity contribution in [3.8, 4) is 0 Å². The molecule has 124 valence electrons. The number of carbonyl (C=O) groups is 3. The van der Waals surface area contributed by atoms with Crippen molar-refractivity contribution in [2.24, 2.45) is 13.0 Å². The van der Waals surface area contributed by atoms with Crippen molar-refractivity contribution in [1.29, 1.82) is 0 Å². The topological polar surface area (TPSA) is 106 Å². The van der Waals surface area contributed by atoms with E-state index in [4.69, 9.17) is 0 Å². The zero-order valence-electron chi connectivity index (χ0n) is 13.0. The minimum Gasteiger partial charge on any atom is -0.464 e. The van der Waals surface area contributed by atoms with E-state index < -0.39 is 5.97 Å². The third kappa shape index (κ3) is 2.73. The van der Waals surface area contributed by atoms with E-state index in [2.05, 4.69) is 20.5 Å². The summed E-state index contributed by atoms with van der Waals surface area (Å²) in [6.45, 7) is 1.07. The molecule has 2 saturated heterocycles. The van der Waals surface area contributed by atoms with Crippen LogP contribution in [0.3, 0.4) is 0 Å². The van der Waals surface area contributed by atoms with Crippen LogP contribution in [0.15, 0.2) is 6.07 Å². The second kappa shape index (κ2) is 5.90. The highest BCUT2D eigenvalue weighted by Gasteiger charge is 2.42. The van der Waals surface area contributed by atoms with E-state index in [1.54, 1.807) is 11.9 Å². The van der Waals surface area contributed by atoms with Crippen molar-refractivity contribution in [3.05, 3.63) is 11.8 Å². The van der Waals surface area contributed by atoms with E-state index in [0.717, 1.165) is 12.8 Å². The third-order valence-corrected chi connectivity index (χ3v) is 4.37. The molecule has 0 radical (unpaired) electrons. The number of fused-ring (bicyclic) bond motifs is 1. The summed E-state index contributed by atoms with van der Waals surface area (Å²) in [5.41, 5.74) is 0.247. The quantitative estimate of drug-likeness (QED) is 0.743. The number of ether oxygens (including phenoxy) is 1. The predicted octanol–water partition coefficient (Wildman–Crippen LogP) is -0.0510. The second-order valence-electron chi connectivity index (χ2n) is 5.71. The van der Waals surface area contributed by atoms with Gasteiger partial charge in [-0.2, -0.15) is 5.10 Å². The summed E-state index contributed by atoms with van der Waals surface area (Å²) in [6, 6.07) is 1.02. The highest BCUT2D eigenvalue weighted by atomic mass is 16.5. The summed E-state index contributed by atoms with van der Waals surface area (Å²) in [5.74, 6) is -0.372.